The number of nitrogens with zero attached hydrogens (tertiary/aromatic N) is 3. The van der Waals surface area contributed by atoms with Crippen LogP contribution in [-0.4, -0.2) is 74.4 Å². The molecule has 2 aromatic carbocycles. The topological polar surface area (TPSA) is 81.2 Å². The second-order valence-electron chi connectivity index (χ2n) is 12.7. The number of aliphatic hydroxyl groups excluding tert-OH is 1. The fraction of sp³-hybridized carbons (Fsp3) is 0.472. The number of carbonyl (C=O) groups is 3. The molecule has 0 aromatic heterocycles. The Morgan fingerprint density at radius 1 is 1.04 bits per heavy atom. The van der Waals surface area contributed by atoms with Crippen LogP contribution in [-0.2, 0) is 20.9 Å². The Morgan fingerprint density at radius 2 is 1.78 bits per heavy atom. The smallest absolute Gasteiger partial charge is 0.251 e. The minimum atomic E-state index is -0.758. The van der Waals surface area contributed by atoms with Crippen molar-refractivity contribution in [1.29, 1.82) is 0 Å². The van der Waals surface area contributed by atoms with Crippen molar-refractivity contribution in [3.05, 3.63) is 90.0 Å². The van der Waals surface area contributed by atoms with E-state index in [0.29, 0.717) is 49.6 Å². The van der Waals surface area contributed by atoms with Gasteiger partial charge in [-0.3, -0.25) is 14.4 Å². The molecule has 0 radical (unpaired) electrons. The van der Waals surface area contributed by atoms with Crippen molar-refractivity contribution in [2.24, 2.45) is 11.8 Å². The third-order valence-electron chi connectivity index (χ3n) is 9.75. The summed E-state index contributed by atoms with van der Waals surface area (Å²) in [7, 11) is 0. The summed E-state index contributed by atoms with van der Waals surface area (Å²) >= 11 is 8.38. The lowest BCUT2D eigenvalue weighted by molar-refractivity contribution is -0.145. The van der Waals surface area contributed by atoms with Crippen molar-refractivity contribution in [2.45, 2.75) is 68.0 Å². The maximum absolute atomic E-state index is 14.9. The number of rotatable bonds is 14. The lowest BCUT2D eigenvalue weighted by Crippen LogP contribution is -2.55. The summed E-state index contributed by atoms with van der Waals surface area (Å²) in [6, 6.07) is 14.6. The van der Waals surface area contributed by atoms with Gasteiger partial charge < -0.3 is 19.8 Å². The fourth-order valence-electron chi connectivity index (χ4n) is 7.81. The molecule has 7 nitrogen and oxygen atoms in total. The van der Waals surface area contributed by atoms with Gasteiger partial charge in [0, 0.05) is 37.5 Å². The molecular formula is C36H44ClN3O4S. The van der Waals surface area contributed by atoms with Crippen LogP contribution >= 0.6 is 23.4 Å². The first-order chi connectivity index (χ1) is 21.6. The predicted octanol–water partition coefficient (Wildman–Crippen LogP) is 6.03. The SMILES string of the molecule is C=CCN(Cc1ccccc1)C(=O)[C@@H]1[C@H]2C(=O)N(CCCCCO)C(C(=O)N(CC=C)c3c(C)cccc3Cl)C23CC[C@@]1(C)S3. The molecule has 3 amide bonds. The minimum Gasteiger partial charge on any atom is -0.396 e. The Balaban J connectivity index is 1.56. The summed E-state index contributed by atoms with van der Waals surface area (Å²) in [6.45, 7) is 13.3. The maximum Gasteiger partial charge on any atom is 0.251 e. The first-order valence-corrected chi connectivity index (χ1v) is 17.1. The molecule has 5 rings (SSSR count). The van der Waals surface area contributed by atoms with Crippen molar-refractivity contribution < 1.29 is 19.5 Å². The van der Waals surface area contributed by atoms with Gasteiger partial charge in [-0.05, 0) is 63.1 Å². The molecule has 2 bridgehead atoms. The van der Waals surface area contributed by atoms with E-state index in [1.54, 1.807) is 44.7 Å². The van der Waals surface area contributed by atoms with E-state index in [1.807, 2.05) is 49.4 Å². The molecule has 3 saturated heterocycles. The molecule has 3 aliphatic heterocycles. The number of likely N-dealkylation sites (tertiary alicyclic amines) is 1. The number of hydrogen-bond donors (Lipinski definition) is 1. The summed E-state index contributed by atoms with van der Waals surface area (Å²) in [5.74, 6) is -1.57. The first kappa shape index (κ1) is 33.3. The number of fused-ring (bicyclic) bond motifs is 1. The molecule has 2 aromatic rings. The van der Waals surface area contributed by atoms with Gasteiger partial charge in [-0.15, -0.1) is 24.9 Å². The average molecular weight is 650 g/mol. The Kier molecular flexibility index (Phi) is 10.2. The molecule has 1 spiro atoms. The van der Waals surface area contributed by atoms with Crippen LogP contribution in [0.2, 0.25) is 5.02 Å². The van der Waals surface area contributed by atoms with Gasteiger partial charge in [0.1, 0.15) is 6.04 Å². The molecule has 3 aliphatic rings. The van der Waals surface area contributed by atoms with Gasteiger partial charge in [-0.2, -0.15) is 0 Å². The third-order valence-corrected chi connectivity index (χ3v) is 12.0. The zero-order valence-corrected chi connectivity index (χ0v) is 27.9. The van der Waals surface area contributed by atoms with Crippen LogP contribution < -0.4 is 4.90 Å². The lowest BCUT2D eigenvalue weighted by atomic mass is 9.66. The summed E-state index contributed by atoms with van der Waals surface area (Å²) < 4.78 is -1.24. The zero-order valence-electron chi connectivity index (χ0n) is 26.3. The Bertz CT molecular complexity index is 1430. The molecule has 240 valence electrons. The fourth-order valence-corrected chi connectivity index (χ4v) is 10.5. The Morgan fingerprint density at radius 3 is 2.44 bits per heavy atom. The van der Waals surface area contributed by atoms with Crippen LogP contribution in [0.25, 0.3) is 0 Å². The molecule has 3 fully saturated rings. The number of unbranched alkanes of at least 4 members (excludes halogenated alkanes) is 2. The van der Waals surface area contributed by atoms with E-state index < -0.39 is 27.4 Å². The van der Waals surface area contributed by atoms with Crippen molar-refractivity contribution in [3.8, 4) is 0 Å². The van der Waals surface area contributed by atoms with Crippen molar-refractivity contribution in [3.63, 3.8) is 0 Å². The van der Waals surface area contributed by atoms with Gasteiger partial charge >= 0.3 is 0 Å². The van der Waals surface area contributed by atoms with Gasteiger partial charge in [-0.25, -0.2) is 0 Å². The monoisotopic (exact) mass is 649 g/mol. The first-order valence-electron chi connectivity index (χ1n) is 15.9. The second-order valence-corrected chi connectivity index (χ2v) is 15.0. The van der Waals surface area contributed by atoms with Crippen molar-refractivity contribution in [2.75, 3.05) is 31.1 Å². The third kappa shape index (κ3) is 5.97. The van der Waals surface area contributed by atoms with E-state index in [9.17, 15) is 19.5 Å². The number of hydrogen-bond acceptors (Lipinski definition) is 5. The van der Waals surface area contributed by atoms with Crippen molar-refractivity contribution >= 4 is 46.8 Å². The molecular weight excluding hydrogens is 606 g/mol. The van der Waals surface area contributed by atoms with E-state index >= 15 is 0 Å². The molecule has 9 heteroatoms. The highest BCUT2D eigenvalue weighted by Crippen LogP contribution is 2.71. The van der Waals surface area contributed by atoms with E-state index in [0.717, 1.165) is 24.0 Å². The van der Waals surface area contributed by atoms with Gasteiger partial charge in [-0.1, -0.05) is 66.2 Å². The Hall–Kier alpha value is -3.07. The van der Waals surface area contributed by atoms with Gasteiger partial charge in [0.2, 0.25) is 11.8 Å². The highest BCUT2D eigenvalue weighted by molar-refractivity contribution is 8.02. The van der Waals surface area contributed by atoms with Crippen molar-refractivity contribution in [1.82, 2.24) is 9.80 Å². The van der Waals surface area contributed by atoms with Gasteiger partial charge in [0.05, 0.1) is 27.3 Å². The summed E-state index contributed by atoms with van der Waals surface area (Å²) in [5.41, 5.74) is 2.48. The highest BCUT2D eigenvalue weighted by atomic mass is 35.5. The standard InChI is InChI=1S/C36H44ClN3O4S/c1-5-20-38(24-26-15-9-7-10-16-26)32(42)28-29-33(43)40(22-11-8-12-23-41)31(36(29)19-18-35(28,4)45-36)34(44)39(21-6-2)30-25(3)14-13-17-27(30)37/h5-7,9-10,13-17,28-29,31,41H,1-2,8,11-12,18-24H2,3-4H3/t28-,29-,31?,35+,36?/m0/s1. The normalized spacial score (nSPS) is 26.5. The van der Waals surface area contributed by atoms with Crippen LogP contribution in [0.15, 0.2) is 73.8 Å². The number of amides is 3. The molecule has 2 unspecified atom stereocenters. The van der Waals surface area contributed by atoms with Gasteiger partial charge in [0.15, 0.2) is 0 Å². The summed E-state index contributed by atoms with van der Waals surface area (Å²) in [4.78, 5) is 49.4. The summed E-state index contributed by atoms with van der Waals surface area (Å²) in [6.07, 6.45) is 6.83. The lowest BCUT2D eigenvalue weighted by Gasteiger charge is -2.38. The predicted molar refractivity (Wildman–Crippen MR) is 182 cm³/mol. The number of aryl methyl sites for hydroxylation is 1. The van der Waals surface area contributed by atoms with E-state index in [1.165, 1.54) is 0 Å². The quantitative estimate of drug-likeness (QED) is 0.200. The average Bonchev–Trinajstić information content (AvgIpc) is 3.59. The molecule has 0 saturated carbocycles. The number of para-hydroxylation sites is 1. The number of benzene rings is 2. The molecule has 3 heterocycles. The summed E-state index contributed by atoms with van der Waals surface area (Å²) in [5, 5.41) is 9.85. The highest BCUT2D eigenvalue weighted by Gasteiger charge is 2.77. The molecule has 45 heavy (non-hydrogen) atoms. The second kappa shape index (κ2) is 13.7. The molecule has 1 N–H and O–H groups in total. The van der Waals surface area contributed by atoms with E-state index in [4.69, 9.17) is 11.6 Å². The van der Waals surface area contributed by atoms with Crippen LogP contribution in [0.4, 0.5) is 5.69 Å². The van der Waals surface area contributed by atoms with E-state index in [2.05, 4.69) is 20.1 Å². The van der Waals surface area contributed by atoms with Crippen LogP contribution in [0.5, 0.6) is 0 Å². The largest absolute Gasteiger partial charge is 0.396 e. The maximum atomic E-state index is 14.9. The molecule has 5 atom stereocenters. The van der Waals surface area contributed by atoms with Crippen LogP contribution in [0, 0.1) is 18.8 Å². The zero-order chi connectivity index (χ0) is 32.4. The number of anilines is 1. The van der Waals surface area contributed by atoms with Crippen LogP contribution in [0.1, 0.15) is 50.2 Å². The number of aliphatic hydroxyl groups is 1. The van der Waals surface area contributed by atoms with E-state index in [-0.39, 0.29) is 30.9 Å². The molecule has 0 aliphatic carbocycles. The minimum absolute atomic E-state index is 0.0631. The number of halogens is 1. The number of carbonyl (C=O) groups excluding carboxylic acids is 3. The van der Waals surface area contributed by atoms with Crippen LogP contribution in [0.3, 0.4) is 0 Å². The Labute approximate surface area is 276 Å². The number of thioether (sulfide) groups is 1. The van der Waals surface area contributed by atoms with Gasteiger partial charge in [0.25, 0.3) is 5.91 Å².